The number of hydrogen-bond acceptors (Lipinski definition) is 4. The molecule has 0 bridgehead atoms. The molecular weight excluding hydrogens is 278 g/mol. The van der Waals surface area contributed by atoms with Crippen LogP contribution in [-0.2, 0) is 6.54 Å². The van der Waals surface area contributed by atoms with Crippen LogP contribution in [0.25, 0.3) is 0 Å². The van der Waals surface area contributed by atoms with Gasteiger partial charge in [-0.15, -0.1) is 11.3 Å². The molecule has 1 aromatic heterocycles. The smallest absolute Gasteiger partial charge is 0.107 e. The van der Waals surface area contributed by atoms with Crippen molar-refractivity contribution in [3.05, 3.63) is 16.1 Å². The van der Waals surface area contributed by atoms with E-state index in [-0.39, 0.29) is 0 Å². The zero-order chi connectivity index (χ0) is 14.3. The normalized spacial score (nSPS) is 27.9. The van der Waals surface area contributed by atoms with E-state index in [0.717, 1.165) is 6.54 Å². The zero-order valence-corrected chi connectivity index (χ0v) is 14.0. The minimum atomic E-state index is 0.417. The van der Waals surface area contributed by atoms with Crippen molar-refractivity contribution in [2.75, 3.05) is 13.1 Å². The van der Waals surface area contributed by atoms with Gasteiger partial charge in [-0.2, -0.15) is 0 Å². The lowest BCUT2D eigenvalue weighted by atomic mass is 9.84. The fourth-order valence-electron chi connectivity index (χ4n) is 4.83. The molecule has 2 heterocycles. The summed E-state index contributed by atoms with van der Waals surface area (Å²) in [5, 5.41) is 7.50. The van der Waals surface area contributed by atoms with Gasteiger partial charge in [-0.05, 0) is 32.6 Å². The first-order valence-corrected chi connectivity index (χ1v) is 9.49. The van der Waals surface area contributed by atoms with Gasteiger partial charge in [-0.1, -0.05) is 25.7 Å². The molecule has 0 atom stereocenters. The highest BCUT2D eigenvalue weighted by Crippen LogP contribution is 2.43. The second kappa shape index (κ2) is 5.32. The van der Waals surface area contributed by atoms with Crippen molar-refractivity contribution in [1.29, 1.82) is 0 Å². The minimum Gasteiger partial charge on any atom is -0.308 e. The van der Waals surface area contributed by atoms with Crippen LogP contribution in [0, 0.1) is 6.92 Å². The Labute approximate surface area is 132 Å². The van der Waals surface area contributed by atoms with Crippen molar-refractivity contribution in [1.82, 2.24) is 15.2 Å². The van der Waals surface area contributed by atoms with Gasteiger partial charge in [0.2, 0.25) is 0 Å². The Morgan fingerprint density at radius 2 is 1.90 bits per heavy atom. The quantitative estimate of drug-likeness (QED) is 0.906. The van der Waals surface area contributed by atoms with Gasteiger partial charge in [0.05, 0.1) is 6.54 Å². The predicted octanol–water partition coefficient (Wildman–Crippen LogP) is 3.48. The number of rotatable bonds is 2. The van der Waals surface area contributed by atoms with Crippen LogP contribution in [0.1, 0.15) is 62.1 Å². The third-order valence-electron chi connectivity index (χ3n) is 6.04. The maximum atomic E-state index is 4.73. The summed E-state index contributed by atoms with van der Waals surface area (Å²) in [6, 6.07) is 0. The van der Waals surface area contributed by atoms with Gasteiger partial charge < -0.3 is 5.32 Å². The summed E-state index contributed by atoms with van der Waals surface area (Å²) in [7, 11) is 0. The standard InChI is InChI=1S/C17H27N3S/c1-14-11-21-15(19-14)10-20-13-16(6-2-3-7-16)18-12-17(20)8-4-5-9-17/h11,18H,2-10,12-13H2,1H3. The summed E-state index contributed by atoms with van der Waals surface area (Å²) in [6.45, 7) is 5.63. The first-order chi connectivity index (χ1) is 10.2. The summed E-state index contributed by atoms with van der Waals surface area (Å²) in [5.74, 6) is 0. The summed E-state index contributed by atoms with van der Waals surface area (Å²) in [4.78, 5) is 7.55. The lowest BCUT2D eigenvalue weighted by Gasteiger charge is -2.52. The number of nitrogens with zero attached hydrogens (tertiary/aromatic N) is 2. The van der Waals surface area contributed by atoms with Gasteiger partial charge in [0.15, 0.2) is 0 Å². The molecule has 4 rings (SSSR count). The number of thiazole rings is 1. The molecule has 21 heavy (non-hydrogen) atoms. The van der Waals surface area contributed by atoms with Crippen LogP contribution >= 0.6 is 11.3 Å². The van der Waals surface area contributed by atoms with Crippen LogP contribution < -0.4 is 5.32 Å². The molecule has 1 aliphatic heterocycles. The molecule has 116 valence electrons. The van der Waals surface area contributed by atoms with Crippen molar-refractivity contribution in [3.8, 4) is 0 Å². The summed E-state index contributed by atoms with van der Waals surface area (Å²) < 4.78 is 0. The lowest BCUT2D eigenvalue weighted by Crippen LogP contribution is -2.68. The predicted molar refractivity (Wildman–Crippen MR) is 87.7 cm³/mol. The Balaban J connectivity index is 1.57. The molecule has 1 aromatic rings. The van der Waals surface area contributed by atoms with Crippen LogP contribution in [0.2, 0.25) is 0 Å². The Morgan fingerprint density at radius 1 is 1.19 bits per heavy atom. The number of aryl methyl sites for hydroxylation is 1. The molecule has 3 nitrogen and oxygen atoms in total. The maximum Gasteiger partial charge on any atom is 0.107 e. The average Bonchev–Trinajstić information content (AvgIpc) is 3.18. The van der Waals surface area contributed by atoms with Crippen LogP contribution in [0.3, 0.4) is 0 Å². The summed E-state index contributed by atoms with van der Waals surface area (Å²) in [6.07, 6.45) is 11.1. The molecule has 0 radical (unpaired) electrons. The molecule has 0 aromatic carbocycles. The Bertz CT molecular complexity index is 498. The zero-order valence-electron chi connectivity index (χ0n) is 13.2. The van der Waals surface area contributed by atoms with E-state index in [1.165, 1.54) is 75.2 Å². The highest BCUT2D eigenvalue weighted by atomic mass is 32.1. The largest absolute Gasteiger partial charge is 0.308 e. The number of piperazine rings is 1. The van der Waals surface area contributed by atoms with Gasteiger partial charge >= 0.3 is 0 Å². The van der Waals surface area contributed by atoms with Crippen molar-refractivity contribution >= 4 is 11.3 Å². The molecule has 2 saturated carbocycles. The molecule has 2 spiro atoms. The Morgan fingerprint density at radius 3 is 2.57 bits per heavy atom. The molecule has 2 aliphatic carbocycles. The van der Waals surface area contributed by atoms with E-state index < -0.39 is 0 Å². The van der Waals surface area contributed by atoms with Crippen LogP contribution in [0.4, 0.5) is 0 Å². The molecule has 3 fully saturated rings. The second-order valence-electron chi connectivity index (χ2n) is 7.51. The molecule has 4 heteroatoms. The van der Waals surface area contributed by atoms with E-state index in [0.29, 0.717) is 11.1 Å². The molecule has 3 aliphatic rings. The minimum absolute atomic E-state index is 0.417. The monoisotopic (exact) mass is 305 g/mol. The van der Waals surface area contributed by atoms with Crippen LogP contribution in [0.15, 0.2) is 5.38 Å². The highest BCUT2D eigenvalue weighted by molar-refractivity contribution is 7.09. The van der Waals surface area contributed by atoms with Crippen molar-refractivity contribution in [2.24, 2.45) is 0 Å². The van der Waals surface area contributed by atoms with Gasteiger partial charge in [-0.25, -0.2) is 4.98 Å². The summed E-state index contributed by atoms with van der Waals surface area (Å²) in [5.41, 5.74) is 2.02. The highest BCUT2D eigenvalue weighted by Gasteiger charge is 2.49. The molecule has 1 saturated heterocycles. The van der Waals surface area contributed by atoms with Crippen molar-refractivity contribution in [2.45, 2.75) is 75.9 Å². The maximum absolute atomic E-state index is 4.73. The van der Waals surface area contributed by atoms with E-state index in [2.05, 4.69) is 22.5 Å². The number of hydrogen-bond donors (Lipinski definition) is 1. The third-order valence-corrected chi connectivity index (χ3v) is 7.00. The fraction of sp³-hybridized carbons (Fsp3) is 0.824. The van der Waals surface area contributed by atoms with E-state index >= 15 is 0 Å². The van der Waals surface area contributed by atoms with Gasteiger partial charge in [0.25, 0.3) is 0 Å². The van der Waals surface area contributed by atoms with Crippen LogP contribution in [-0.4, -0.2) is 34.1 Å². The molecule has 1 N–H and O–H groups in total. The van der Waals surface area contributed by atoms with E-state index in [9.17, 15) is 0 Å². The number of nitrogens with one attached hydrogen (secondary N) is 1. The Kier molecular flexibility index (Phi) is 3.59. The summed E-state index contributed by atoms with van der Waals surface area (Å²) >= 11 is 1.84. The van der Waals surface area contributed by atoms with Gasteiger partial charge in [0, 0.05) is 35.2 Å². The lowest BCUT2D eigenvalue weighted by molar-refractivity contribution is 0.00270. The molecule has 0 unspecified atom stereocenters. The van der Waals surface area contributed by atoms with E-state index in [1.807, 2.05) is 11.3 Å². The molecular formula is C17H27N3S. The van der Waals surface area contributed by atoms with E-state index in [4.69, 9.17) is 4.98 Å². The van der Waals surface area contributed by atoms with E-state index in [1.54, 1.807) is 0 Å². The first-order valence-electron chi connectivity index (χ1n) is 8.61. The van der Waals surface area contributed by atoms with Crippen molar-refractivity contribution < 1.29 is 0 Å². The fourth-order valence-corrected chi connectivity index (χ4v) is 5.61. The molecule has 0 amide bonds. The van der Waals surface area contributed by atoms with Crippen LogP contribution in [0.5, 0.6) is 0 Å². The van der Waals surface area contributed by atoms with Crippen molar-refractivity contribution in [3.63, 3.8) is 0 Å². The Hall–Kier alpha value is -0.450. The average molecular weight is 305 g/mol. The SMILES string of the molecule is Cc1csc(CN2CC3(CCCC3)NCC23CCCC3)n1. The number of aromatic nitrogens is 1. The topological polar surface area (TPSA) is 28.2 Å². The second-order valence-corrected chi connectivity index (χ2v) is 8.45. The van der Waals surface area contributed by atoms with Gasteiger partial charge in [0.1, 0.15) is 5.01 Å². The third kappa shape index (κ3) is 2.55. The van der Waals surface area contributed by atoms with Gasteiger partial charge in [-0.3, -0.25) is 4.90 Å². The first kappa shape index (κ1) is 14.2.